The maximum atomic E-state index is 14.6. The first-order valence-electron chi connectivity index (χ1n) is 24.4. The second kappa shape index (κ2) is 18.3. The Kier molecular flexibility index (Phi) is 12.0. The van der Waals surface area contributed by atoms with Crippen LogP contribution in [0.3, 0.4) is 0 Å². The van der Waals surface area contributed by atoms with E-state index in [0.29, 0.717) is 79.9 Å². The van der Waals surface area contributed by atoms with E-state index in [4.69, 9.17) is 19.2 Å². The fourth-order valence-corrected chi connectivity index (χ4v) is 12.9. The zero-order valence-electron chi connectivity index (χ0n) is 38.5. The Hall–Kier alpha value is -5.75. The third kappa shape index (κ3) is 8.66. The molecule has 1 amide bonds. The maximum Gasteiger partial charge on any atom is 0.293 e. The average Bonchev–Trinajstić information content (AvgIpc) is 3.98. The first-order valence-corrected chi connectivity index (χ1v) is 25.9. The summed E-state index contributed by atoms with van der Waals surface area (Å²) in [5.74, 6) is -0.175. The third-order valence-corrected chi connectivity index (χ3v) is 17.2. The molecule has 3 N–H and O–H groups in total. The number of aromatic nitrogens is 2. The number of piperidine rings is 1. The van der Waals surface area contributed by atoms with Gasteiger partial charge in [0.1, 0.15) is 23.1 Å². The molecule has 3 aromatic carbocycles. The molecule has 16 nitrogen and oxygen atoms in total. The first kappa shape index (κ1) is 44.7. The fraction of sp³-hybridized carbons (Fsp3) is 0.490. The fourth-order valence-electron chi connectivity index (χ4n) is 11.9. The van der Waals surface area contributed by atoms with Gasteiger partial charge in [0.05, 0.1) is 27.7 Å². The Morgan fingerprint density at radius 1 is 0.941 bits per heavy atom. The minimum Gasteiger partial charge on any atom is -0.470 e. The SMILES string of the molecule is Cc1ccccc1[C@@H]1CCCN1C1CC2(CCN(c3ccc(C(=O)NS(=O)(=O)c4ccc(NCC5CCOCC5)c([N+](=O)[O-])c4)c(N4C[C@H]5CCOC[C@H]5Oc5nc6[nH]ccc6cc54)c3)CC2)C1. The number of rotatable bonds is 11. The number of pyridine rings is 1. The van der Waals surface area contributed by atoms with Crippen LogP contribution in [-0.2, 0) is 19.5 Å². The van der Waals surface area contributed by atoms with Gasteiger partial charge >= 0.3 is 0 Å². The molecule has 0 bridgehead atoms. The van der Waals surface area contributed by atoms with Crippen LogP contribution >= 0.6 is 0 Å². The molecule has 5 aliphatic heterocycles. The lowest BCUT2D eigenvalue weighted by atomic mass is 9.59. The lowest BCUT2D eigenvalue weighted by molar-refractivity contribution is -0.384. The van der Waals surface area contributed by atoms with Gasteiger partial charge in [-0.2, -0.15) is 4.98 Å². The molecule has 6 aliphatic rings. The van der Waals surface area contributed by atoms with E-state index < -0.39 is 26.5 Å². The Bertz CT molecular complexity index is 2820. The zero-order valence-corrected chi connectivity index (χ0v) is 39.3. The number of aromatic amines is 1. The molecular weight excluding hydrogens is 885 g/mol. The van der Waals surface area contributed by atoms with Crippen molar-refractivity contribution in [1.29, 1.82) is 0 Å². The van der Waals surface area contributed by atoms with Crippen molar-refractivity contribution < 1.29 is 32.3 Å². The van der Waals surface area contributed by atoms with E-state index in [1.165, 1.54) is 48.9 Å². The highest BCUT2D eigenvalue weighted by Gasteiger charge is 2.50. The molecule has 17 heteroatoms. The largest absolute Gasteiger partial charge is 0.470 e. The molecule has 0 radical (unpaired) electrons. The number of benzene rings is 3. The standard InChI is InChI=1S/C51H60N8O8S/c1-33-5-2-3-6-40(33)43-7-4-19-57(43)38-28-51(29-38)16-20-56(21-17-51)37-8-10-41(44(26-37)58-31-36-15-24-66-32-47(36)67-50-46(58)25-35-12-18-52-48(35)54-50)49(60)55-68(63,64)39-9-11-42(45(27-39)59(61)62)53-30-34-13-22-65-23-14-34/h2-3,5-6,8-12,18,25-27,34,36,38,43,47,53H,4,7,13-17,19-24,28-32H2,1H3,(H,52,54)(H,55,60)/t36-,43+,47-/m1/s1. The topological polar surface area (TPSA) is 184 Å². The number of hydrogen-bond acceptors (Lipinski definition) is 13. The first-order chi connectivity index (χ1) is 33.0. The summed E-state index contributed by atoms with van der Waals surface area (Å²) in [7, 11) is -4.58. The van der Waals surface area contributed by atoms with Crippen LogP contribution in [0.5, 0.6) is 5.88 Å². The molecule has 5 aromatic rings. The molecule has 68 heavy (non-hydrogen) atoms. The predicted molar refractivity (Wildman–Crippen MR) is 259 cm³/mol. The molecule has 3 atom stereocenters. The number of carbonyl (C=O) groups excluding carboxylic acids is 1. The maximum absolute atomic E-state index is 14.6. The molecule has 0 unspecified atom stereocenters. The normalized spacial score (nSPS) is 23.3. The summed E-state index contributed by atoms with van der Waals surface area (Å²) in [5, 5.41) is 16.3. The lowest BCUT2D eigenvalue weighted by Gasteiger charge is -2.56. The summed E-state index contributed by atoms with van der Waals surface area (Å²) in [6.07, 6.45) is 10.9. The highest BCUT2D eigenvalue weighted by atomic mass is 32.2. The number of aryl methyl sites for hydroxylation is 1. The van der Waals surface area contributed by atoms with Gasteiger partial charge in [0.25, 0.3) is 21.6 Å². The van der Waals surface area contributed by atoms with Crippen molar-refractivity contribution in [3.8, 4) is 5.88 Å². The van der Waals surface area contributed by atoms with Gasteiger partial charge in [-0.3, -0.25) is 19.8 Å². The molecule has 4 saturated heterocycles. The van der Waals surface area contributed by atoms with Crippen molar-refractivity contribution in [2.24, 2.45) is 17.3 Å². The number of nitro groups is 1. The van der Waals surface area contributed by atoms with Gasteiger partial charge < -0.3 is 34.3 Å². The van der Waals surface area contributed by atoms with Crippen LogP contribution in [0.1, 0.15) is 85.3 Å². The van der Waals surface area contributed by atoms with E-state index in [1.54, 1.807) is 6.07 Å². The smallest absolute Gasteiger partial charge is 0.293 e. The Morgan fingerprint density at radius 2 is 1.75 bits per heavy atom. The van der Waals surface area contributed by atoms with Crippen LogP contribution in [0.25, 0.3) is 11.0 Å². The van der Waals surface area contributed by atoms with E-state index in [0.717, 1.165) is 68.9 Å². The summed E-state index contributed by atoms with van der Waals surface area (Å²) in [6.45, 7) is 8.28. The van der Waals surface area contributed by atoms with E-state index in [2.05, 4.69) is 60.9 Å². The number of likely N-dealkylation sites (tertiary alicyclic amines) is 1. The molecule has 1 aliphatic carbocycles. The van der Waals surface area contributed by atoms with Crippen LogP contribution in [-0.4, -0.2) is 105 Å². The molecule has 11 rings (SSSR count). The van der Waals surface area contributed by atoms with Crippen molar-refractivity contribution in [3.63, 3.8) is 0 Å². The summed E-state index contributed by atoms with van der Waals surface area (Å²) < 4.78 is 48.5. The average molecular weight is 945 g/mol. The number of carbonyl (C=O) groups is 1. The molecular formula is C51H60N8O8S. The minimum absolute atomic E-state index is 0.0149. The second-order valence-electron chi connectivity index (χ2n) is 19.9. The molecule has 358 valence electrons. The van der Waals surface area contributed by atoms with Gasteiger partial charge in [0.2, 0.25) is 5.88 Å². The Balaban J connectivity index is 0.879. The number of amides is 1. The number of nitro benzene ring substituents is 1. The van der Waals surface area contributed by atoms with Gasteiger partial charge in [0.15, 0.2) is 0 Å². The summed E-state index contributed by atoms with van der Waals surface area (Å²) in [4.78, 5) is 41.3. The molecule has 2 aromatic heterocycles. The van der Waals surface area contributed by atoms with Gasteiger partial charge in [0, 0.05) is 87.3 Å². The highest BCUT2D eigenvalue weighted by Crippen LogP contribution is 2.54. The van der Waals surface area contributed by atoms with Gasteiger partial charge in [-0.05, 0) is 136 Å². The summed E-state index contributed by atoms with van der Waals surface area (Å²) in [6, 6.07) is 23.2. The van der Waals surface area contributed by atoms with E-state index in [-0.39, 0.29) is 34.1 Å². The number of anilines is 4. The molecule has 1 saturated carbocycles. The highest BCUT2D eigenvalue weighted by molar-refractivity contribution is 7.90. The Morgan fingerprint density at radius 3 is 2.56 bits per heavy atom. The number of sulfonamides is 1. The quantitative estimate of drug-likeness (QED) is 0.0851. The second-order valence-corrected chi connectivity index (χ2v) is 21.6. The van der Waals surface area contributed by atoms with Gasteiger partial charge in [-0.25, -0.2) is 13.1 Å². The van der Waals surface area contributed by atoms with Gasteiger partial charge in [-0.1, -0.05) is 24.3 Å². The minimum atomic E-state index is -4.58. The van der Waals surface area contributed by atoms with Crippen LogP contribution in [0, 0.1) is 34.3 Å². The van der Waals surface area contributed by atoms with Crippen molar-refractivity contribution >= 4 is 55.4 Å². The molecule has 7 heterocycles. The van der Waals surface area contributed by atoms with E-state index in [1.807, 2.05) is 30.5 Å². The Labute approximate surface area is 396 Å². The predicted octanol–water partition coefficient (Wildman–Crippen LogP) is 8.26. The number of H-pyrrole nitrogens is 1. The van der Waals surface area contributed by atoms with E-state index >= 15 is 0 Å². The van der Waals surface area contributed by atoms with Gasteiger partial charge in [-0.15, -0.1) is 0 Å². The monoisotopic (exact) mass is 944 g/mol. The summed E-state index contributed by atoms with van der Waals surface area (Å²) in [5.41, 5.74) is 5.87. The van der Waals surface area contributed by atoms with Crippen molar-refractivity contribution in [2.75, 3.05) is 74.3 Å². The number of ether oxygens (including phenoxy) is 3. The van der Waals surface area contributed by atoms with E-state index in [9.17, 15) is 23.3 Å². The van der Waals surface area contributed by atoms with Crippen molar-refractivity contribution in [3.05, 3.63) is 106 Å². The number of fused-ring (bicyclic) bond motifs is 3. The third-order valence-electron chi connectivity index (χ3n) is 15.9. The van der Waals surface area contributed by atoms with Crippen molar-refractivity contribution in [1.82, 2.24) is 19.6 Å². The lowest BCUT2D eigenvalue weighted by Crippen LogP contribution is -2.54. The number of nitrogens with one attached hydrogen (secondary N) is 3. The number of nitrogens with zero attached hydrogens (tertiary/aromatic N) is 5. The van der Waals surface area contributed by atoms with Crippen LogP contribution in [0.2, 0.25) is 0 Å². The van der Waals surface area contributed by atoms with Crippen LogP contribution in [0.4, 0.5) is 28.4 Å². The van der Waals surface area contributed by atoms with Crippen LogP contribution < -0.4 is 24.6 Å². The zero-order chi connectivity index (χ0) is 46.6. The molecule has 1 spiro atoms. The van der Waals surface area contributed by atoms with Crippen molar-refractivity contribution in [2.45, 2.75) is 87.8 Å². The number of hydrogen-bond donors (Lipinski definition) is 3. The summed E-state index contributed by atoms with van der Waals surface area (Å²) >= 11 is 0. The van der Waals surface area contributed by atoms with Crippen LogP contribution in [0.15, 0.2) is 83.9 Å². The molecule has 5 fully saturated rings.